The minimum atomic E-state index is -0.640. The SMILES string of the molecule is C=C(c1ccc(Nc2ncc(F)c(-c3cc(F)c4nc(C)n(C(C)C)c4c3)n2)nc1)C1CCN(C2CC2)CC1. The molecule has 1 aliphatic heterocycles. The molecule has 1 saturated heterocycles. The van der Waals surface area contributed by atoms with Crippen molar-refractivity contribution in [2.45, 2.75) is 58.5 Å². The molecule has 1 N–H and O–H groups in total. The van der Waals surface area contributed by atoms with Gasteiger partial charge in [0.05, 0.1) is 11.7 Å². The molecule has 202 valence electrons. The number of aromatic nitrogens is 5. The summed E-state index contributed by atoms with van der Waals surface area (Å²) in [5, 5.41) is 3.05. The Morgan fingerprint density at radius 3 is 2.44 bits per heavy atom. The highest BCUT2D eigenvalue weighted by Crippen LogP contribution is 2.36. The van der Waals surface area contributed by atoms with Gasteiger partial charge < -0.3 is 14.8 Å². The van der Waals surface area contributed by atoms with E-state index in [1.165, 1.54) is 18.9 Å². The van der Waals surface area contributed by atoms with E-state index in [9.17, 15) is 8.78 Å². The molecule has 1 aliphatic carbocycles. The summed E-state index contributed by atoms with van der Waals surface area (Å²) in [6, 6.07) is 7.72. The van der Waals surface area contributed by atoms with E-state index in [4.69, 9.17) is 0 Å². The number of imidazole rings is 1. The van der Waals surface area contributed by atoms with Crippen molar-refractivity contribution >= 4 is 28.4 Å². The van der Waals surface area contributed by atoms with Crippen molar-refractivity contribution in [1.29, 1.82) is 0 Å². The average Bonchev–Trinajstić information content (AvgIpc) is 3.72. The van der Waals surface area contributed by atoms with Crippen molar-refractivity contribution in [2.24, 2.45) is 5.92 Å². The minimum absolute atomic E-state index is 0.00463. The summed E-state index contributed by atoms with van der Waals surface area (Å²) in [6.45, 7) is 12.5. The van der Waals surface area contributed by atoms with Gasteiger partial charge in [-0.2, -0.15) is 0 Å². The summed E-state index contributed by atoms with van der Waals surface area (Å²) < 4.78 is 31.8. The van der Waals surface area contributed by atoms with E-state index >= 15 is 0 Å². The van der Waals surface area contributed by atoms with Crippen LogP contribution in [-0.4, -0.2) is 48.5 Å². The first-order valence-corrected chi connectivity index (χ1v) is 13.7. The molecule has 2 fully saturated rings. The first-order valence-electron chi connectivity index (χ1n) is 13.7. The molecule has 0 atom stereocenters. The number of piperidine rings is 1. The topological polar surface area (TPSA) is 71.8 Å². The van der Waals surface area contributed by atoms with E-state index in [2.05, 4.69) is 36.7 Å². The van der Waals surface area contributed by atoms with E-state index in [0.717, 1.165) is 49.3 Å². The molecule has 0 unspecified atom stereocenters. The number of hydrogen-bond acceptors (Lipinski definition) is 6. The summed E-state index contributed by atoms with van der Waals surface area (Å²) in [6.07, 6.45) is 7.84. The molecule has 1 saturated carbocycles. The van der Waals surface area contributed by atoms with Gasteiger partial charge in [0.15, 0.2) is 11.6 Å². The van der Waals surface area contributed by atoms with Crippen molar-refractivity contribution in [3.8, 4) is 11.3 Å². The maximum absolute atomic E-state index is 15.0. The maximum atomic E-state index is 15.0. The van der Waals surface area contributed by atoms with Crippen molar-refractivity contribution in [2.75, 3.05) is 18.4 Å². The van der Waals surface area contributed by atoms with Gasteiger partial charge in [-0.25, -0.2) is 28.7 Å². The third kappa shape index (κ3) is 5.03. The number of nitrogens with one attached hydrogen (secondary N) is 1. The second-order valence-corrected chi connectivity index (χ2v) is 11.0. The zero-order chi connectivity index (χ0) is 27.3. The lowest BCUT2D eigenvalue weighted by molar-refractivity contribution is 0.198. The number of nitrogens with zero attached hydrogens (tertiary/aromatic N) is 6. The van der Waals surface area contributed by atoms with Crippen LogP contribution in [0.15, 0.2) is 43.2 Å². The van der Waals surface area contributed by atoms with Gasteiger partial charge >= 0.3 is 0 Å². The first-order chi connectivity index (χ1) is 18.8. The van der Waals surface area contributed by atoms with Gasteiger partial charge in [0, 0.05) is 23.8 Å². The zero-order valence-electron chi connectivity index (χ0n) is 22.6. The second kappa shape index (κ2) is 10.1. The molecule has 6 rings (SSSR count). The Labute approximate surface area is 227 Å². The summed E-state index contributed by atoms with van der Waals surface area (Å²) in [7, 11) is 0. The molecule has 0 radical (unpaired) electrons. The second-order valence-electron chi connectivity index (χ2n) is 11.0. The van der Waals surface area contributed by atoms with Gasteiger partial charge in [0.2, 0.25) is 5.95 Å². The number of rotatable bonds is 7. The Kier molecular flexibility index (Phi) is 6.62. The number of hydrogen-bond donors (Lipinski definition) is 1. The third-order valence-electron chi connectivity index (χ3n) is 7.92. The molecule has 7 nitrogen and oxygen atoms in total. The van der Waals surface area contributed by atoms with Crippen LogP contribution in [0.3, 0.4) is 0 Å². The standard InChI is InChI=1S/C30H33F2N7/c1-17(2)39-19(4)35-29-24(31)13-22(14-26(29)39)28-25(32)16-34-30(37-28)36-27-8-5-21(15-33-27)18(3)20-9-11-38(12-10-20)23-6-7-23/h5,8,13-17,20,23H,3,6-7,9-12H2,1-2,4H3,(H,33,34,36,37). The van der Waals surface area contributed by atoms with Crippen LogP contribution in [0.4, 0.5) is 20.5 Å². The highest BCUT2D eigenvalue weighted by atomic mass is 19.1. The highest BCUT2D eigenvalue weighted by Gasteiger charge is 2.32. The van der Waals surface area contributed by atoms with Crippen molar-refractivity contribution in [3.05, 3.63) is 66.3 Å². The molecule has 4 aromatic rings. The minimum Gasteiger partial charge on any atom is -0.326 e. The quantitative estimate of drug-likeness (QED) is 0.288. The fraction of sp³-hybridized carbons (Fsp3) is 0.400. The first kappa shape index (κ1) is 25.6. The number of fused-ring (bicyclic) bond motifs is 1. The number of aryl methyl sites for hydroxylation is 1. The van der Waals surface area contributed by atoms with E-state index in [0.29, 0.717) is 28.6 Å². The Hall–Kier alpha value is -3.72. The Balaban J connectivity index is 1.20. The normalized spacial score (nSPS) is 16.8. The molecular formula is C30H33F2N7. The summed E-state index contributed by atoms with van der Waals surface area (Å²) in [5.74, 6) is 0.710. The van der Waals surface area contributed by atoms with E-state index in [1.54, 1.807) is 12.3 Å². The lowest BCUT2D eigenvalue weighted by Gasteiger charge is -2.33. The third-order valence-corrected chi connectivity index (χ3v) is 7.92. The molecule has 4 heterocycles. The van der Waals surface area contributed by atoms with Crippen LogP contribution < -0.4 is 5.32 Å². The van der Waals surface area contributed by atoms with Crippen LogP contribution in [0, 0.1) is 24.5 Å². The molecular weight excluding hydrogens is 496 g/mol. The van der Waals surface area contributed by atoms with Crippen LogP contribution in [0.5, 0.6) is 0 Å². The van der Waals surface area contributed by atoms with Crippen LogP contribution >= 0.6 is 0 Å². The fourth-order valence-corrected chi connectivity index (χ4v) is 5.75. The van der Waals surface area contributed by atoms with Crippen LogP contribution in [0.25, 0.3) is 27.9 Å². The molecule has 0 amide bonds. The van der Waals surface area contributed by atoms with Crippen molar-refractivity contribution in [1.82, 2.24) is 29.4 Å². The zero-order valence-corrected chi connectivity index (χ0v) is 22.6. The van der Waals surface area contributed by atoms with Gasteiger partial charge in [-0.1, -0.05) is 6.58 Å². The van der Waals surface area contributed by atoms with E-state index in [-0.39, 0.29) is 23.2 Å². The molecule has 9 heteroatoms. The predicted molar refractivity (Wildman–Crippen MR) is 150 cm³/mol. The Bertz CT molecular complexity index is 1530. The Morgan fingerprint density at radius 1 is 1.00 bits per heavy atom. The summed E-state index contributed by atoms with van der Waals surface area (Å²) >= 11 is 0. The number of allylic oxidation sites excluding steroid dienone is 1. The van der Waals surface area contributed by atoms with Gasteiger partial charge in [0.1, 0.15) is 22.9 Å². The lowest BCUT2D eigenvalue weighted by Crippen LogP contribution is -2.35. The highest BCUT2D eigenvalue weighted by molar-refractivity contribution is 5.83. The largest absolute Gasteiger partial charge is 0.326 e. The smallest absolute Gasteiger partial charge is 0.229 e. The Morgan fingerprint density at radius 2 is 1.77 bits per heavy atom. The number of halogens is 2. The number of benzene rings is 1. The monoisotopic (exact) mass is 529 g/mol. The van der Waals surface area contributed by atoms with Gasteiger partial charge in [-0.05, 0) is 101 Å². The van der Waals surface area contributed by atoms with Gasteiger partial charge in [-0.3, -0.25) is 0 Å². The van der Waals surface area contributed by atoms with Crippen molar-refractivity contribution < 1.29 is 8.78 Å². The van der Waals surface area contributed by atoms with Crippen LogP contribution in [0.1, 0.15) is 57.0 Å². The van der Waals surface area contributed by atoms with Gasteiger partial charge in [-0.15, -0.1) is 0 Å². The number of pyridine rings is 1. The molecule has 0 spiro atoms. The average molecular weight is 530 g/mol. The molecule has 0 bridgehead atoms. The van der Waals surface area contributed by atoms with E-state index < -0.39 is 11.6 Å². The predicted octanol–water partition coefficient (Wildman–Crippen LogP) is 6.69. The maximum Gasteiger partial charge on any atom is 0.229 e. The molecule has 1 aromatic carbocycles. The number of anilines is 2. The van der Waals surface area contributed by atoms with Crippen LogP contribution in [-0.2, 0) is 0 Å². The van der Waals surface area contributed by atoms with Crippen molar-refractivity contribution in [3.63, 3.8) is 0 Å². The summed E-state index contributed by atoms with van der Waals surface area (Å²) in [5.41, 5.74) is 3.32. The molecule has 2 aliphatic rings. The summed E-state index contributed by atoms with van der Waals surface area (Å²) in [4.78, 5) is 19.9. The fourth-order valence-electron chi connectivity index (χ4n) is 5.75. The van der Waals surface area contributed by atoms with Crippen LogP contribution in [0.2, 0.25) is 0 Å². The molecule has 39 heavy (non-hydrogen) atoms. The van der Waals surface area contributed by atoms with E-state index in [1.807, 2.05) is 37.5 Å². The van der Waals surface area contributed by atoms with Gasteiger partial charge in [0.25, 0.3) is 0 Å². The number of likely N-dealkylation sites (tertiary alicyclic amines) is 1. The molecule has 3 aromatic heterocycles. The lowest BCUT2D eigenvalue weighted by atomic mass is 9.86.